The highest BCUT2D eigenvalue weighted by Crippen LogP contribution is 2.44. The number of amides is 3. The van der Waals surface area contributed by atoms with Crippen molar-refractivity contribution in [3.8, 4) is 11.5 Å². The molecule has 3 amide bonds. The largest absolute Gasteiger partial charge is 0.497 e. The summed E-state index contributed by atoms with van der Waals surface area (Å²) in [5, 5.41) is 5.69. The summed E-state index contributed by atoms with van der Waals surface area (Å²) in [6, 6.07) is 30.1. The fraction of sp³-hybridized carbons (Fsp3) is 0.143. The molecule has 4 aromatic rings. The lowest BCUT2D eigenvalue weighted by Crippen LogP contribution is -2.49. The topological polar surface area (TPSA) is 79.9 Å². The van der Waals surface area contributed by atoms with Crippen LogP contribution in [0.2, 0.25) is 0 Å². The number of methoxy groups -OCH3 is 2. The van der Waals surface area contributed by atoms with Gasteiger partial charge in [0.25, 0.3) is 0 Å². The minimum absolute atomic E-state index is 0.0998. The molecule has 0 bridgehead atoms. The molecular formula is C35H31N3O4S2. The quantitative estimate of drug-likeness (QED) is 0.193. The summed E-state index contributed by atoms with van der Waals surface area (Å²) in [7, 11) is 3.13. The van der Waals surface area contributed by atoms with Gasteiger partial charge in [0.15, 0.2) is 0 Å². The van der Waals surface area contributed by atoms with E-state index in [-0.39, 0.29) is 23.2 Å². The SMILES string of the molecule is COc1ccc(OC)c(NC(=O)C(Sc2cccc(NC(=O)N3c4ccccc4SC4C=CC=CC43)c2)c2ccccc2)c1. The predicted octanol–water partition coefficient (Wildman–Crippen LogP) is 8.18. The first-order valence-corrected chi connectivity index (χ1v) is 15.9. The first-order chi connectivity index (χ1) is 21.5. The first-order valence-electron chi connectivity index (χ1n) is 14.1. The molecule has 1 aliphatic carbocycles. The van der Waals surface area contributed by atoms with Crippen LogP contribution in [-0.4, -0.2) is 37.4 Å². The zero-order valence-electron chi connectivity index (χ0n) is 24.2. The molecule has 44 heavy (non-hydrogen) atoms. The van der Waals surface area contributed by atoms with E-state index in [0.29, 0.717) is 22.9 Å². The van der Waals surface area contributed by atoms with Gasteiger partial charge in [-0.2, -0.15) is 0 Å². The Morgan fingerprint density at radius 1 is 0.841 bits per heavy atom. The van der Waals surface area contributed by atoms with Gasteiger partial charge in [-0.3, -0.25) is 9.69 Å². The molecule has 3 atom stereocenters. The van der Waals surface area contributed by atoms with Crippen LogP contribution in [0.3, 0.4) is 0 Å². The van der Waals surface area contributed by atoms with Gasteiger partial charge in [0.1, 0.15) is 16.7 Å². The third-order valence-electron chi connectivity index (χ3n) is 7.31. The van der Waals surface area contributed by atoms with Crippen molar-refractivity contribution in [3.63, 3.8) is 0 Å². The van der Waals surface area contributed by atoms with Gasteiger partial charge < -0.3 is 20.1 Å². The van der Waals surface area contributed by atoms with Crippen LogP contribution >= 0.6 is 23.5 Å². The highest BCUT2D eigenvalue weighted by atomic mass is 32.2. The Morgan fingerprint density at radius 2 is 1.64 bits per heavy atom. The summed E-state index contributed by atoms with van der Waals surface area (Å²) < 4.78 is 10.8. The van der Waals surface area contributed by atoms with Crippen LogP contribution < -0.4 is 25.0 Å². The Balaban J connectivity index is 1.24. The van der Waals surface area contributed by atoms with E-state index in [0.717, 1.165) is 21.0 Å². The van der Waals surface area contributed by atoms with Crippen molar-refractivity contribution < 1.29 is 19.1 Å². The molecule has 0 radical (unpaired) electrons. The molecule has 4 aromatic carbocycles. The molecule has 3 unspecified atom stereocenters. The number of hydrogen-bond donors (Lipinski definition) is 2. The normalized spacial score (nSPS) is 17.2. The molecule has 9 heteroatoms. The molecule has 7 nitrogen and oxygen atoms in total. The van der Waals surface area contributed by atoms with Crippen molar-refractivity contribution in [2.45, 2.75) is 26.3 Å². The third kappa shape index (κ3) is 6.34. The molecule has 0 fully saturated rings. The number of benzene rings is 4. The second kappa shape index (κ2) is 13.4. The standard InChI is InChI=1S/C35H31N3O4S2/c1-41-25-19-20-30(42-2)27(22-25)37-34(39)33(23-11-4-3-5-12-23)43-26-14-10-13-24(21-26)36-35(40)38-28-15-6-8-17-31(28)44-32-18-9-7-16-29(32)38/h3-22,28,31,33H,1-2H3,(H,36,40)(H,37,39). The second-order valence-corrected chi connectivity index (χ2v) is 12.5. The molecule has 6 rings (SSSR count). The van der Waals surface area contributed by atoms with Crippen LogP contribution in [0.15, 0.2) is 131 Å². The molecule has 2 N–H and O–H groups in total. The van der Waals surface area contributed by atoms with E-state index in [1.54, 1.807) is 44.2 Å². The molecule has 0 aromatic heterocycles. The minimum atomic E-state index is -0.580. The van der Waals surface area contributed by atoms with Crippen molar-refractivity contribution >= 4 is 52.5 Å². The Labute approximate surface area is 265 Å². The molecule has 0 spiro atoms. The Morgan fingerprint density at radius 3 is 2.45 bits per heavy atom. The predicted molar refractivity (Wildman–Crippen MR) is 179 cm³/mol. The number of para-hydroxylation sites is 1. The highest BCUT2D eigenvalue weighted by molar-refractivity contribution is 8.00. The zero-order valence-corrected chi connectivity index (χ0v) is 25.8. The molecule has 2 aliphatic rings. The highest BCUT2D eigenvalue weighted by Gasteiger charge is 2.36. The maximum absolute atomic E-state index is 13.8. The summed E-state index contributed by atoms with van der Waals surface area (Å²) in [4.78, 5) is 31.3. The monoisotopic (exact) mass is 621 g/mol. The lowest BCUT2D eigenvalue weighted by atomic mass is 10.1. The second-order valence-electron chi connectivity index (χ2n) is 10.1. The van der Waals surface area contributed by atoms with Crippen LogP contribution in [0.5, 0.6) is 11.5 Å². The van der Waals surface area contributed by atoms with Gasteiger partial charge in [-0.15, -0.1) is 23.5 Å². The van der Waals surface area contributed by atoms with Gasteiger partial charge in [0, 0.05) is 21.5 Å². The molecule has 0 saturated heterocycles. The van der Waals surface area contributed by atoms with Crippen molar-refractivity contribution in [1.29, 1.82) is 0 Å². The van der Waals surface area contributed by atoms with E-state index in [2.05, 4.69) is 28.9 Å². The summed E-state index contributed by atoms with van der Waals surface area (Å²) in [6.45, 7) is 0. The molecule has 0 saturated carbocycles. The number of urea groups is 1. The fourth-order valence-electron chi connectivity index (χ4n) is 5.20. The van der Waals surface area contributed by atoms with E-state index >= 15 is 0 Å². The Kier molecular flexibility index (Phi) is 8.95. The maximum Gasteiger partial charge on any atom is 0.326 e. The van der Waals surface area contributed by atoms with Crippen LogP contribution in [-0.2, 0) is 4.79 Å². The van der Waals surface area contributed by atoms with Crippen LogP contribution in [0.4, 0.5) is 21.9 Å². The number of carbonyl (C=O) groups is 2. The van der Waals surface area contributed by atoms with E-state index in [1.807, 2.05) is 89.8 Å². The van der Waals surface area contributed by atoms with Gasteiger partial charge in [-0.05, 0) is 48.0 Å². The number of nitrogens with one attached hydrogen (secondary N) is 2. The smallest absolute Gasteiger partial charge is 0.326 e. The average Bonchev–Trinajstić information content (AvgIpc) is 3.06. The Hall–Kier alpha value is -4.60. The van der Waals surface area contributed by atoms with Crippen molar-refractivity contribution in [3.05, 3.63) is 127 Å². The summed E-state index contributed by atoms with van der Waals surface area (Å²) in [5.74, 6) is 0.922. The van der Waals surface area contributed by atoms with Crippen molar-refractivity contribution in [1.82, 2.24) is 0 Å². The maximum atomic E-state index is 13.8. The number of ether oxygens (including phenoxy) is 2. The van der Waals surface area contributed by atoms with Gasteiger partial charge in [0.05, 0.1) is 36.9 Å². The zero-order chi connectivity index (χ0) is 30.5. The van der Waals surface area contributed by atoms with Crippen LogP contribution in [0, 0.1) is 0 Å². The number of carbonyl (C=O) groups excluding carboxylic acids is 2. The number of fused-ring (bicyclic) bond motifs is 2. The van der Waals surface area contributed by atoms with E-state index in [9.17, 15) is 9.59 Å². The van der Waals surface area contributed by atoms with Gasteiger partial charge in [-0.1, -0.05) is 72.8 Å². The van der Waals surface area contributed by atoms with Crippen molar-refractivity contribution in [2.24, 2.45) is 0 Å². The number of thioether (sulfide) groups is 2. The third-order valence-corrected chi connectivity index (χ3v) is 9.86. The molecule has 1 aliphatic heterocycles. The number of anilines is 3. The minimum Gasteiger partial charge on any atom is -0.497 e. The van der Waals surface area contributed by atoms with E-state index in [1.165, 1.54) is 11.8 Å². The lowest BCUT2D eigenvalue weighted by molar-refractivity contribution is -0.115. The number of nitrogens with zero attached hydrogens (tertiary/aromatic N) is 1. The Bertz CT molecular complexity index is 1730. The molecular weight excluding hydrogens is 591 g/mol. The van der Waals surface area contributed by atoms with Crippen molar-refractivity contribution in [2.75, 3.05) is 29.8 Å². The lowest BCUT2D eigenvalue weighted by Gasteiger charge is -2.40. The van der Waals surface area contributed by atoms with Crippen LogP contribution in [0.1, 0.15) is 10.8 Å². The van der Waals surface area contributed by atoms with Gasteiger partial charge in [0.2, 0.25) is 5.91 Å². The van der Waals surface area contributed by atoms with Gasteiger partial charge in [-0.25, -0.2) is 4.79 Å². The summed E-state index contributed by atoms with van der Waals surface area (Å²) in [6.07, 6.45) is 8.23. The number of hydrogen-bond acceptors (Lipinski definition) is 6. The number of rotatable bonds is 8. The van der Waals surface area contributed by atoms with E-state index in [4.69, 9.17) is 9.47 Å². The molecule has 222 valence electrons. The fourth-order valence-corrected chi connectivity index (χ4v) is 7.54. The summed E-state index contributed by atoms with van der Waals surface area (Å²) in [5.41, 5.74) is 2.89. The first kappa shape index (κ1) is 29.5. The number of allylic oxidation sites excluding steroid dienone is 2. The average molecular weight is 622 g/mol. The summed E-state index contributed by atoms with van der Waals surface area (Å²) >= 11 is 3.17. The van der Waals surface area contributed by atoms with Gasteiger partial charge >= 0.3 is 6.03 Å². The van der Waals surface area contributed by atoms with E-state index < -0.39 is 5.25 Å². The molecule has 1 heterocycles. The van der Waals surface area contributed by atoms with Crippen LogP contribution in [0.25, 0.3) is 0 Å².